The van der Waals surface area contributed by atoms with Crippen molar-refractivity contribution in [2.24, 2.45) is 5.84 Å². The van der Waals surface area contributed by atoms with Gasteiger partial charge in [0.2, 0.25) is 0 Å². The lowest BCUT2D eigenvalue weighted by Gasteiger charge is -2.17. The van der Waals surface area contributed by atoms with Gasteiger partial charge in [-0.2, -0.15) is 13.2 Å². The van der Waals surface area contributed by atoms with Crippen LogP contribution in [0.5, 0.6) is 0 Å². The zero-order valence-electron chi connectivity index (χ0n) is 9.81. The Hall–Kier alpha value is -0.700. The largest absolute Gasteiger partial charge is 0.411 e. The lowest BCUT2D eigenvalue weighted by atomic mass is 10.0. The summed E-state index contributed by atoms with van der Waals surface area (Å²) >= 11 is 3.19. The van der Waals surface area contributed by atoms with Crippen molar-refractivity contribution in [1.82, 2.24) is 5.43 Å². The van der Waals surface area contributed by atoms with Gasteiger partial charge in [0.25, 0.3) is 0 Å². The molecule has 0 heterocycles. The van der Waals surface area contributed by atoms with Gasteiger partial charge in [0.1, 0.15) is 12.4 Å². The van der Waals surface area contributed by atoms with Crippen LogP contribution in [0.3, 0.4) is 0 Å². The molecule has 0 spiro atoms. The van der Waals surface area contributed by atoms with E-state index in [4.69, 9.17) is 5.84 Å². The summed E-state index contributed by atoms with van der Waals surface area (Å²) in [5.41, 5.74) is 2.63. The highest BCUT2D eigenvalue weighted by Crippen LogP contribution is 2.24. The van der Waals surface area contributed by atoms with Gasteiger partial charge in [0.05, 0.1) is 6.04 Å². The minimum Gasteiger partial charge on any atom is -0.372 e. The predicted octanol–water partition coefficient (Wildman–Crippen LogP) is 3.06. The Balaban J connectivity index is 2.56. The molecule has 0 aliphatic heterocycles. The number of ether oxygens (including phenoxy) is 1. The average Bonchev–Trinajstić information content (AvgIpc) is 2.32. The number of rotatable bonds is 6. The van der Waals surface area contributed by atoms with Gasteiger partial charge < -0.3 is 4.74 Å². The van der Waals surface area contributed by atoms with Crippen LogP contribution in [0.2, 0.25) is 0 Å². The molecule has 0 radical (unpaired) electrons. The standard InChI is InChI=1S/C11H13BrF4N2O/c12-7-1-2-9(13)8(5-7)10(18-17)3-4-19-6-11(14,15)16/h1-2,5,10,18H,3-4,6,17H2. The minimum absolute atomic E-state index is 0.125. The van der Waals surface area contributed by atoms with Gasteiger partial charge in [-0.1, -0.05) is 15.9 Å². The summed E-state index contributed by atoms with van der Waals surface area (Å²) in [7, 11) is 0. The fourth-order valence-corrected chi connectivity index (χ4v) is 1.88. The molecule has 1 rings (SSSR count). The molecular formula is C11H13BrF4N2O. The minimum atomic E-state index is -4.37. The fourth-order valence-electron chi connectivity index (χ4n) is 1.50. The van der Waals surface area contributed by atoms with Gasteiger partial charge in [-0.3, -0.25) is 11.3 Å². The van der Waals surface area contributed by atoms with E-state index >= 15 is 0 Å². The molecule has 8 heteroatoms. The first-order valence-electron chi connectivity index (χ1n) is 5.39. The number of halogens is 5. The Morgan fingerprint density at radius 2 is 2.05 bits per heavy atom. The Morgan fingerprint density at radius 3 is 2.63 bits per heavy atom. The average molecular weight is 345 g/mol. The van der Waals surface area contributed by atoms with Gasteiger partial charge in [-0.25, -0.2) is 4.39 Å². The van der Waals surface area contributed by atoms with Crippen LogP contribution in [-0.4, -0.2) is 19.4 Å². The van der Waals surface area contributed by atoms with Crippen molar-refractivity contribution < 1.29 is 22.3 Å². The fraction of sp³-hybridized carbons (Fsp3) is 0.455. The normalized spacial score (nSPS) is 13.6. The zero-order chi connectivity index (χ0) is 14.5. The van der Waals surface area contributed by atoms with Crippen LogP contribution in [0.1, 0.15) is 18.0 Å². The van der Waals surface area contributed by atoms with Crippen molar-refractivity contribution in [3.05, 3.63) is 34.1 Å². The van der Waals surface area contributed by atoms with E-state index in [1.165, 1.54) is 18.2 Å². The second kappa shape index (κ2) is 7.18. The van der Waals surface area contributed by atoms with Crippen LogP contribution in [0.15, 0.2) is 22.7 Å². The van der Waals surface area contributed by atoms with Gasteiger partial charge in [0.15, 0.2) is 0 Å². The number of hydrazine groups is 1. The van der Waals surface area contributed by atoms with E-state index in [9.17, 15) is 17.6 Å². The molecule has 3 N–H and O–H groups in total. The molecule has 1 aromatic rings. The van der Waals surface area contributed by atoms with Crippen LogP contribution in [0.25, 0.3) is 0 Å². The summed E-state index contributed by atoms with van der Waals surface area (Å²) < 4.78 is 54.3. The Morgan fingerprint density at radius 1 is 1.37 bits per heavy atom. The van der Waals surface area contributed by atoms with Crippen molar-refractivity contribution in [1.29, 1.82) is 0 Å². The maximum Gasteiger partial charge on any atom is 0.411 e. The summed E-state index contributed by atoms with van der Waals surface area (Å²) in [5.74, 6) is 4.80. The quantitative estimate of drug-likeness (QED) is 0.361. The number of hydrogen-bond donors (Lipinski definition) is 2. The first kappa shape index (κ1) is 16.4. The van der Waals surface area contributed by atoms with E-state index in [0.717, 1.165) is 0 Å². The van der Waals surface area contributed by atoms with E-state index < -0.39 is 24.6 Å². The summed E-state index contributed by atoms with van der Waals surface area (Å²) in [5, 5.41) is 0. The third-order valence-electron chi connectivity index (χ3n) is 2.35. The lowest BCUT2D eigenvalue weighted by molar-refractivity contribution is -0.174. The second-order valence-corrected chi connectivity index (χ2v) is 4.76. The summed E-state index contributed by atoms with van der Waals surface area (Å²) in [6.45, 7) is -1.51. The highest BCUT2D eigenvalue weighted by molar-refractivity contribution is 9.10. The lowest BCUT2D eigenvalue weighted by Crippen LogP contribution is -2.30. The zero-order valence-corrected chi connectivity index (χ0v) is 11.4. The van der Waals surface area contributed by atoms with Crippen molar-refractivity contribution in [2.75, 3.05) is 13.2 Å². The van der Waals surface area contributed by atoms with E-state index in [2.05, 4.69) is 26.1 Å². The van der Waals surface area contributed by atoms with Gasteiger partial charge in [-0.15, -0.1) is 0 Å². The smallest absolute Gasteiger partial charge is 0.372 e. The molecule has 0 amide bonds. The molecule has 1 aromatic carbocycles. The number of nitrogens with one attached hydrogen (secondary N) is 1. The maximum atomic E-state index is 13.6. The third kappa shape index (κ3) is 5.85. The van der Waals surface area contributed by atoms with Gasteiger partial charge in [-0.05, 0) is 24.6 Å². The summed E-state index contributed by atoms with van der Waals surface area (Å²) in [6, 6.07) is 3.67. The van der Waals surface area contributed by atoms with Crippen molar-refractivity contribution in [3.63, 3.8) is 0 Å². The van der Waals surface area contributed by atoms with E-state index in [1.54, 1.807) is 0 Å². The molecular weight excluding hydrogens is 332 g/mol. The molecule has 0 saturated heterocycles. The third-order valence-corrected chi connectivity index (χ3v) is 2.84. The molecule has 19 heavy (non-hydrogen) atoms. The van der Waals surface area contributed by atoms with E-state index in [1.807, 2.05) is 0 Å². The van der Waals surface area contributed by atoms with Crippen molar-refractivity contribution >= 4 is 15.9 Å². The Bertz CT molecular complexity index is 414. The summed E-state index contributed by atoms with van der Waals surface area (Å²) in [4.78, 5) is 0. The second-order valence-electron chi connectivity index (χ2n) is 3.84. The predicted molar refractivity (Wildman–Crippen MR) is 65.7 cm³/mol. The first-order chi connectivity index (χ1) is 8.83. The van der Waals surface area contributed by atoms with Crippen LogP contribution >= 0.6 is 15.9 Å². The Labute approximate surface area is 116 Å². The molecule has 3 nitrogen and oxygen atoms in total. The number of alkyl halides is 3. The molecule has 0 aliphatic carbocycles. The number of benzene rings is 1. The monoisotopic (exact) mass is 344 g/mol. The summed E-state index contributed by atoms with van der Waals surface area (Å²) in [6.07, 6.45) is -4.24. The van der Waals surface area contributed by atoms with Gasteiger partial charge in [0, 0.05) is 16.6 Å². The number of hydrogen-bond acceptors (Lipinski definition) is 3. The SMILES string of the molecule is NNC(CCOCC(F)(F)F)c1cc(Br)ccc1F. The van der Waals surface area contributed by atoms with E-state index in [0.29, 0.717) is 4.47 Å². The molecule has 1 unspecified atom stereocenters. The first-order valence-corrected chi connectivity index (χ1v) is 6.18. The van der Waals surface area contributed by atoms with Crippen molar-refractivity contribution in [3.8, 4) is 0 Å². The van der Waals surface area contributed by atoms with Crippen LogP contribution in [0, 0.1) is 5.82 Å². The van der Waals surface area contributed by atoms with Gasteiger partial charge >= 0.3 is 6.18 Å². The molecule has 0 saturated carbocycles. The van der Waals surface area contributed by atoms with Crippen LogP contribution in [0.4, 0.5) is 17.6 Å². The van der Waals surface area contributed by atoms with Crippen molar-refractivity contribution in [2.45, 2.75) is 18.6 Å². The van der Waals surface area contributed by atoms with Crippen LogP contribution < -0.4 is 11.3 Å². The molecule has 0 bridgehead atoms. The highest BCUT2D eigenvalue weighted by atomic mass is 79.9. The molecule has 0 fully saturated rings. The maximum absolute atomic E-state index is 13.6. The number of nitrogens with two attached hydrogens (primary N) is 1. The van der Waals surface area contributed by atoms with E-state index in [-0.39, 0.29) is 18.6 Å². The topological polar surface area (TPSA) is 47.3 Å². The molecule has 1 atom stereocenters. The molecule has 108 valence electrons. The highest BCUT2D eigenvalue weighted by Gasteiger charge is 2.27. The molecule has 0 aromatic heterocycles. The molecule has 0 aliphatic rings. The van der Waals surface area contributed by atoms with Crippen LogP contribution in [-0.2, 0) is 4.74 Å². The Kier molecular flexibility index (Phi) is 6.18.